The van der Waals surface area contributed by atoms with Gasteiger partial charge in [0.05, 0.1) is 11.2 Å². The van der Waals surface area contributed by atoms with Gasteiger partial charge in [-0.15, -0.1) is 5.10 Å². The van der Waals surface area contributed by atoms with Crippen molar-refractivity contribution in [2.75, 3.05) is 0 Å². The van der Waals surface area contributed by atoms with Crippen LogP contribution in [0.3, 0.4) is 0 Å². The van der Waals surface area contributed by atoms with Gasteiger partial charge in [0.2, 0.25) is 0 Å². The minimum atomic E-state index is 0.735. The Labute approximate surface area is 102 Å². The Hall–Kier alpha value is -1.82. The molecule has 0 radical (unpaired) electrons. The number of hydrogen-bond acceptors (Lipinski definition) is 5. The van der Waals surface area contributed by atoms with E-state index in [-0.39, 0.29) is 0 Å². The summed E-state index contributed by atoms with van der Waals surface area (Å²) in [4.78, 5) is 12.9. The molecule has 1 N–H and O–H groups in total. The van der Waals surface area contributed by atoms with Crippen LogP contribution in [0.5, 0.6) is 0 Å². The van der Waals surface area contributed by atoms with Crippen molar-refractivity contribution in [1.29, 1.82) is 0 Å². The number of rotatable bonds is 3. The first-order chi connectivity index (χ1) is 8.38. The van der Waals surface area contributed by atoms with E-state index in [1.165, 1.54) is 11.5 Å². The molecule has 0 saturated carbocycles. The van der Waals surface area contributed by atoms with E-state index in [0.29, 0.717) is 0 Å². The van der Waals surface area contributed by atoms with Gasteiger partial charge in [0, 0.05) is 6.20 Å². The molecule has 0 unspecified atom stereocenters. The second kappa shape index (κ2) is 4.21. The molecular formula is C11H11N5S. The normalized spacial score (nSPS) is 11.1. The fourth-order valence-electron chi connectivity index (χ4n) is 1.74. The summed E-state index contributed by atoms with van der Waals surface area (Å²) in [5.74, 6) is 0.817. The van der Waals surface area contributed by atoms with Gasteiger partial charge in [0.1, 0.15) is 4.88 Å². The van der Waals surface area contributed by atoms with E-state index in [1.807, 2.05) is 12.1 Å². The van der Waals surface area contributed by atoms with Crippen LogP contribution in [-0.4, -0.2) is 24.5 Å². The van der Waals surface area contributed by atoms with Crippen LogP contribution in [0.15, 0.2) is 18.3 Å². The molecule has 0 bridgehead atoms. The van der Waals surface area contributed by atoms with E-state index in [0.717, 1.165) is 40.4 Å². The van der Waals surface area contributed by atoms with Crippen molar-refractivity contribution in [3.63, 3.8) is 0 Å². The first-order valence-corrected chi connectivity index (χ1v) is 6.28. The highest BCUT2D eigenvalue weighted by Crippen LogP contribution is 2.25. The standard InChI is InChI=1S/C11H11N5S/c1-2-4-7-9(17-16-15-7)11-13-8-5-3-6-12-10(8)14-11/h3,5-6H,2,4H2,1H3,(H,12,13,14). The van der Waals surface area contributed by atoms with Crippen molar-refractivity contribution in [3.8, 4) is 10.7 Å². The van der Waals surface area contributed by atoms with E-state index < -0.39 is 0 Å². The SMILES string of the molecule is CCCc1nnsc1-c1nc2ncccc2[nH]1. The molecule has 0 aliphatic rings. The Balaban J connectivity index is 2.10. The Bertz CT molecular complexity index is 609. The third kappa shape index (κ3) is 1.80. The third-order valence-electron chi connectivity index (χ3n) is 2.52. The van der Waals surface area contributed by atoms with Crippen LogP contribution in [0, 0.1) is 0 Å². The Kier molecular flexibility index (Phi) is 2.56. The summed E-state index contributed by atoms with van der Waals surface area (Å²) >= 11 is 1.38. The lowest BCUT2D eigenvalue weighted by Crippen LogP contribution is -1.88. The summed E-state index contributed by atoms with van der Waals surface area (Å²) in [6.07, 6.45) is 3.72. The summed E-state index contributed by atoms with van der Waals surface area (Å²) in [6.45, 7) is 2.13. The maximum absolute atomic E-state index is 4.46. The van der Waals surface area contributed by atoms with Gasteiger partial charge in [-0.25, -0.2) is 9.97 Å². The van der Waals surface area contributed by atoms with E-state index in [1.54, 1.807) is 6.20 Å². The number of imidazole rings is 1. The predicted molar refractivity (Wildman–Crippen MR) is 66.8 cm³/mol. The zero-order valence-corrected chi connectivity index (χ0v) is 10.2. The first kappa shape index (κ1) is 10.3. The molecule has 0 aromatic carbocycles. The van der Waals surface area contributed by atoms with Crippen LogP contribution >= 0.6 is 11.5 Å². The zero-order chi connectivity index (χ0) is 11.7. The molecule has 0 fully saturated rings. The molecule has 3 heterocycles. The van der Waals surface area contributed by atoms with Crippen LogP contribution in [0.2, 0.25) is 0 Å². The van der Waals surface area contributed by atoms with Crippen molar-refractivity contribution in [3.05, 3.63) is 24.0 Å². The number of nitrogens with zero attached hydrogens (tertiary/aromatic N) is 4. The van der Waals surface area contributed by atoms with Crippen LogP contribution < -0.4 is 0 Å². The largest absolute Gasteiger partial charge is 0.336 e. The number of hydrogen-bond donors (Lipinski definition) is 1. The molecule has 0 spiro atoms. The van der Waals surface area contributed by atoms with Crippen LogP contribution in [0.25, 0.3) is 21.9 Å². The maximum Gasteiger partial charge on any atom is 0.178 e. The maximum atomic E-state index is 4.46. The molecule has 0 atom stereocenters. The molecule has 0 aliphatic heterocycles. The average molecular weight is 245 g/mol. The number of aromatic nitrogens is 5. The lowest BCUT2D eigenvalue weighted by molar-refractivity contribution is 0.870. The quantitative estimate of drug-likeness (QED) is 0.769. The summed E-state index contributed by atoms with van der Waals surface area (Å²) in [5, 5.41) is 4.14. The molecule has 3 rings (SSSR count). The van der Waals surface area contributed by atoms with Gasteiger partial charge < -0.3 is 4.98 Å². The fourth-order valence-corrected chi connectivity index (χ4v) is 2.39. The Morgan fingerprint density at radius 3 is 3.18 bits per heavy atom. The topological polar surface area (TPSA) is 67.3 Å². The van der Waals surface area contributed by atoms with Crippen molar-refractivity contribution in [2.45, 2.75) is 19.8 Å². The van der Waals surface area contributed by atoms with Crippen molar-refractivity contribution < 1.29 is 0 Å². The summed E-state index contributed by atoms with van der Waals surface area (Å²) < 4.78 is 4.00. The van der Waals surface area contributed by atoms with Crippen molar-refractivity contribution in [1.82, 2.24) is 24.5 Å². The molecule has 5 nitrogen and oxygen atoms in total. The van der Waals surface area contributed by atoms with E-state index in [9.17, 15) is 0 Å². The van der Waals surface area contributed by atoms with E-state index in [2.05, 4.69) is 31.5 Å². The second-order valence-corrected chi connectivity index (χ2v) is 4.51. The second-order valence-electron chi connectivity index (χ2n) is 3.76. The molecule has 6 heteroatoms. The average Bonchev–Trinajstić information content (AvgIpc) is 2.94. The number of fused-ring (bicyclic) bond motifs is 1. The molecule has 17 heavy (non-hydrogen) atoms. The lowest BCUT2D eigenvalue weighted by Gasteiger charge is -1.94. The number of pyridine rings is 1. The highest BCUT2D eigenvalue weighted by molar-refractivity contribution is 7.09. The first-order valence-electron chi connectivity index (χ1n) is 5.51. The van der Waals surface area contributed by atoms with Crippen molar-refractivity contribution in [2.24, 2.45) is 0 Å². The molecule has 3 aromatic rings. The number of nitrogens with one attached hydrogen (secondary N) is 1. The third-order valence-corrected chi connectivity index (χ3v) is 3.29. The Morgan fingerprint density at radius 1 is 1.41 bits per heavy atom. The van der Waals surface area contributed by atoms with Crippen molar-refractivity contribution >= 4 is 22.7 Å². The van der Waals surface area contributed by atoms with Gasteiger partial charge in [-0.3, -0.25) is 0 Å². The zero-order valence-electron chi connectivity index (χ0n) is 9.34. The van der Waals surface area contributed by atoms with E-state index >= 15 is 0 Å². The summed E-state index contributed by atoms with van der Waals surface area (Å²) in [6, 6.07) is 3.86. The smallest absolute Gasteiger partial charge is 0.178 e. The Morgan fingerprint density at radius 2 is 2.35 bits per heavy atom. The highest BCUT2D eigenvalue weighted by atomic mass is 32.1. The minimum absolute atomic E-state index is 0.735. The number of aryl methyl sites for hydroxylation is 1. The summed E-state index contributed by atoms with van der Waals surface area (Å²) in [5.41, 5.74) is 2.69. The molecular weight excluding hydrogens is 234 g/mol. The monoisotopic (exact) mass is 245 g/mol. The molecule has 3 aromatic heterocycles. The van der Waals surface area contributed by atoms with Gasteiger partial charge in [0.25, 0.3) is 0 Å². The molecule has 0 saturated heterocycles. The molecule has 0 aliphatic carbocycles. The minimum Gasteiger partial charge on any atom is -0.336 e. The van der Waals surface area contributed by atoms with Crippen LogP contribution in [0.4, 0.5) is 0 Å². The van der Waals surface area contributed by atoms with Gasteiger partial charge in [-0.05, 0) is 30.1 Å². The van der Waals surface area contributed by atoms with Gasteiger partial charge >= 0.3 is 0 Å². The lowest BCUT2D eigenvalue weighted by atomic mass is 10.2. The van der Waals surface area contributed by atoms with Gasteiger partial charge in [-0.2, -0.15) is 0 Å². The predicted octanol–water partition coefficient (Wildman–Crippen LogP) is 2.43. The highest BCUT2D eigenvalue weighted by Gasteiger charge is 2.13. The van der Waals surface area contributed by atoms with Gasteiger partial charge in [0.15, 0.2) is 11.5 Å². The van der Waals surface area contributed by atoms with Gasteiger partial charge in [-0.1, -0.05) is 17.8 Å². The van der Waals surface area contributed by atoms with Crippen LogP contribution in [-0.2, 0) is 6.42 Å². The van der Waals surface area contributed by atoms with E-state index in [4.69, 9.17) is 0 Å². The fraction of sp³-hybridized carbons (Fsp3) is 0.273. The molecule has 86 valence electrons. The molecule has 0 amide bonds. The van der Waals surface area contributed by atoms with Crippen LogP contribution in [0.1, 0.15) is 19.0 Å². The number of H-pyrrole nitrogens is 1. The number of aromatic amines is 1. The summed E-state index contributed by atoms with van der Waals surface area (Å²) in [7, 11) is 0.